The average molecular weight is 779 g/mol. The van der Waals surface area contributed by atoms with Gasteiger partial charge >= 0.3 is 6.09 Å². The van der Waals surface area contributed by atoms with Crippen molar-refractivity contribution in [1.82, 2.24) is 4.90 Å². The Morgan fingerprint density at radius 2 is 1.84 bits per heavy atom. The van der Waals surface area contributed by atoms with Gasteiger partial charge < -0.3 is 38.9 Å². The van der Waals surface area contributed by atoms with Crippen LogP contribution in [-0.4, -0.2) is 91.2 Å². The molecule has 1 saturated carbocycles. The number of unbranched alkanes of at least 4 members (excludes halogenated alkanes) is 2. The van der Waals surface area contributed by atoms with Crippen LogP contribution in [0, 0.1) is 23.2 Å². The van der Waals surface area contributed by atoms with E-state index >= 15 is 0 Å². The average Bonchev–Trinajstić information content (AvgIpc) is 3.18. The number of ether oxygens (including phenoxy) is 4. The molecule has 1 fully saturated rings. The van der Waals surface area contributed by atoms with E-state index in [1.165, 1.54) is 4.90 Å². The molecular formula is C44H62N2O8S. The number of thioether (sulfide) groups is 1. The molecule has 302 valence electrons. The van der Waals surface area contributed by atoms with E-state index in [2.05, 4.69) is 30.9 Å². The number of fused-ring (bicyclic) bond motifs is 2. The molecule has 1 aliphatic heterocycles. The molecule has 55 heavy (non-hydrogen) atoms. The third kappa shape index (κ3) is 10.5. The largest absolute Gasteiger partial charge is 0.493 e. The topological polar surface area (TPSA) is 119 Å². The second-order valence-electron chi connectivity index (χ2n) is 15.9. The fourth-order valence-corrected chi connectivity index (χ4v) is 9.06. The summed E-state index contributed by atoms with van der Waals surface area (Å²) in [4.78, 5) is 22.5. The first-order valence-electron chi connectivity index (χ1n) is 20.0. The third-order valence-corrected chi connectivity index (χ3v) is 11.7. The molecule has 11 heteroatoms. The summed E-state index contributed by atoms with van der Waals surface area (Å²) in [5, 5.41) is 24.4. The predicted molar refractivity (Wildman–Crippen MR) is 218 cm³/mol. The molecule has 0 bridgehead atoms. The molecule has 5 rings (SSSR count). The van der Waals surface area contributed by atoms with E-state index in [0.717, 1.165) is 54.0 Å². The standard InChI is InChI=1S/C44H62N2O8S/c1-7-24-52-44-39(46(6)42(49)51-30-43(3,4)5)29-37(45-53-8-2)35-27-31(16-12-14-22-47)34(19-13-15-23-48)40(41(35)44)36-28-32(20-21-38(36)54-44)50-25-26-55-33-17-10-9-11-18-33/h7,9-11,17-18,20-21,27-28,31,34,39-41,47-48H,1,8,12-16,19,22-26,29-30H2,2-6H3/t31-,34+,39-,40+,41+,44+/m0/s1. The number of benzene rings is 2. The number of aliphatic hydroxyl groups is 2. The smallest absolute Gasteiger partial charge is 0.410 e. The first-order chi connectivity index (χ1) is 26.6. The third-order valence-electron chi connectivity index (χ3n) is 10.7. The Kier molecular flexibility index (Phi) is 15.6. The van der Waals surface area contributed by atoms with Crippen LogP contribution in [0.2, 0.25) is 0 Å². The molecular weight excluding hydrogens is 717 g/mol. The Morgan fingerprint density at radius 3 is 2.53 bits per heavy atom. The molecule has 0 radical (unpaired) electrons. The monoisotopic (exact) mass is 778 g/mol. The maximum Gasteiger partial charge on any atom is 0.410 e. The second-order valence-corrected chi connectivity index (χ2v) is 17.1. The predicted octanol–water partition coefficient (Wildman–Crippen LogP) is 8.63. The number of nitrogens with zero attached hydrogens (tertiary/aromatic N) is 2. The van der Waals surface area contributed by atoms with Crippen LogP contribution in [-0.2, 0) is 14.3 Å². The van der Waals surface area contributed by atoms with E-state index in [0.29, 0.717) is 38.2 Å². The van der Waals surface area contributed by atoms with Gasteiger partial charge in [-0.1, -0.05) is 69.1 Å². The Balaban J connectivity index is 1.64. The van der Waals surface area contributed by atoms with E-state index in [1.807, 2.05) is 58.0 Å². The molecule has 1 amide bonds. The van der Waals surface area contributed by atoms with Gasteiger partial charge in [0.2, 0.25) is 5.79 Å². The molecule has 2 aromatic rings. The maximum absolute atomic E-state index is 13.9. The minimum atomic E-state index is -1.32. The zero-order valence-corrected chi connectivity index (χ0v) is 34.2. The van der Waals surface area contributed by atoms with E-state index in [9.17, 15) is 15.0 Å². The molecule has 2 N–H and O–H groups in total. The van der Waals surface area contributed by atoms with Crippen LogP contribution in [0.15, 0.2) is 82.9 Å². The van der Waals surface area contributed by atoms with Crippen molar-refractivity contribution in [2.75, 3.05) is 52.4 Å². The van der Waals surface area contributed by atoms with E-state index in [1.54, 1.807) is 29.8 Å². The molecule has 1 heterocycles. The lowest BCUT2D eigenvalue weighted by atomic mass is 9.55. The number of aliphatic hydroxyl groups excluding tert-OH is 2. The minimum Gasteiger partial charge on any atom is -0.493 e. The number of carbonyl (C=O) groups is 1. The molecule has 0 aromatic heterocycles. The molecule has 2 aliphatic carbocycles. The summed E-state index contributed by atoms with van der Waals surface area (Å²) in [5.74, 6) is 0.689. The molecule has 3 aliphatic rings. The Hall–Kier alpha value is -3.51. The Labute approximate surface area is 332 Å². The van der Waals surface area contributed by atoms with Crippen LogP contribution >= 0.6 is 11.8 Å². The van der Waals surface area contributed by atoms with Crippen LogP contribution in [0.3, 0.4) is 0 Å². The summed E-state index contributed by atoms with van der Waals surface area (Å²) in [6.45, 7) is 13.6. The van der Waals surface area contributed by atoms with Gasteiger partial charge in [-0.25, -0.2) is 4.79 Å². The van der Waals surface area contributed by atoms with Crippen molar-refractivity contribution in [1.29, 1.82) is 0 Å². The van der Waals surface area contributed by atoms with E-state index in [4.69, 9.17) is 28.9 Å². The van der Waals surface area contributed by atoms with Crippen molar-refractivity contribution >= 4 is 23.6 Å². The molecule has 0 saturated heterocycles. The zero-order valence-electron chi connectivity index (χ0n) is 33.4. The maximum atomic E-state index is 13.9. The number of hydrogen-bond acceptors (Lipinski definition) is 10. The van der Waals surface area contributed by atoms with Gasteiger partial charge in [-0.2, -0.15) is 0 Å². The highest BCUT2D eigenvalue weighted by molar-refractivity contribution is 7.99. The van der Waals surface area contributed by atoms with Crippen molar-refractivity contribution in [2.24, 2.45) is 28.3 Å². The van der Waals surface area contributed by atoms with Crippen LogP contribution < -0.4 is 9.47 Å². The normalized spacial score (nSPS) is 24.9. The van der Waals surface area contributed by atoms with Crippen LogP contribution in [0.5, 0.6) is 11.5 Å². The van der Waals surface area contributed by atoms with E-state index in [-0.39, 0.29) is 55.5 Å². The molecule has 0 unspecified atom stereocenters. The van der Waals surface area contributed by atoms with E-state index < -0.39 is 17.9 Å². The van der Waals surface area contributed by atoms with Crippen molar-refractivity contribution in [3.8, 4) is 11.5 Å². The van der Waals surface area contributed by atoms with Gasteiger partial charge in [0.05, 0.1) is 31.5 Å². The number of amides is 1. The van der Waals surface area contributed by atoms with Crippen molar-refractivity contribution < 1.29 is 38.8 Å². The highest BCUT2D eigenvalue weighted by atomic mass is 32.2. The van der Waals surface area contributed by atoms with Gasteiger partial charge in [-0.3, -0.25) is 0 Å². The SMILES string of the molecule is C=CCO[C@@]12Oc3ccc(OCCSc4ccccc4)cc3[C@H]3[C@H](CCCCO)[C@@H](CCCCO)C=C(C(=NOCC)C[C@@H]1N(C)C(=O)OCC(C)(C)C)[C@H]32. The second kappa shape index (κ2) is 20.1. The zero-order chi connectivity index (χ0) is 39.4. The highest BCUT2D eigenvalue weighted by Gasteiger charge is 2.65. The minimum absolute atomic E-state index is 0.122. The lowest BCUT2D eigenvalue weighted by Crippen LogP contribution is -2.69. The van der Waals surface area contributed by atoms with Crippen molar-refractivity contribution in [3.63, 3.8) is 0 Å². The summed E-state index contributed by atoms with van der Waals surface area (Å²) in [5.41, 5.74) is 2.56. The van der Waals surface area contributed by atoms with Crippen molar-refractivity contribution in [3.05, 3.63) is 78.4 Å². The number of rotatable bonds is 20. The summed E-state index contributed by atoms with van der Waals surface area (Å²) in [6, 6.07) is 15.7. The van der Waals surface area contributed by atoms with Crippen molar-refractivity contribution in [2.45, 2.75) is 95.3 Å². The van der Waals surface area contributed by atoms with Crippen LogP contribution in [0.4, 0.5) is 4.79 Å². The summed E-state index contributed by atoms with van der Waals surface area (Å²) < 4.78 is 26.4. The van der Waals surface area contributed by atoms with Gasteiger partial charge in [0.1, 0.15) is 24.1 Å². The van der Waals surface area contributed by atoms with Gasteiger partial charge in [-0.15, -0.1) is 18.3 Å². The highest BCUT2D eigenvalue weighted by Crippen LogP contribution is 2.61. The van der Waals surface area contributed by atoms with Gasteiger partial charge in [0.15, 0.2) is 0 Å². The lowest BCUT2D eigenvalue weighted by Gasteiger charge is -2.59. The van der Waals surface area contributed by atoms with Gasteiger partial charge in [0.25, 0.3) is 0 Å². The number of allylic oxidation sites excluding steroid dienone is 1. The number of likely N-dealkylation sites (N-methyl/N-ethyl adjacent to an activating group) is 1. The molecule has 6 atom stereocenters. The number of hydrogen-bond donors (Lipinski definition) is 2. The Bertz CT molecular complexity index is 1610. The summed E-state index contributed by atoms with van der Waals surface area (Å²) >= 11 is 1.76. The number of oxime groups is 1. The lowest BCUT2D eigenvalue weighted by molar-refractivity contribution is -0.253. The Morgan fingerprint density at radius 1 is 1.09 bits per heavy atom. The fourth-order valence-electron chi connectivity index (χ4n) is 8.30. The summed E-state index contributed by atoms with van der Waals surface area (Å²) in [6.07, 6.45) is 8.77. The van der Waals surface area contributed by atoms with Gasteiger partial charge in [-0.05, 0) is 85.8 Å². The van der Waals surface area contributed by atoms with Crippen LogP contribution in [0.25, 0.3) is 0 Å². The van der Waals surface area contributed by atoms with Crippen LogP contribution in [0.1, 0.15) is 84.1 Å². The molecule has 2 aromatic carbocycles. The quantitative estimate of drug-likeness (QED) is 0.0590. The first kappa shape index (κ1) is 42.6. The molecule has 10 nitrogen and oxygen atoms in total. The number of carbonyl (C=O) groups excluding carboxylic acids is 1. The first-order valence-corrected chi connectivity index (χ1v) is 21.0. The van der Waals surface area contributed by atoms with Gasteiger partial charge in [0, 0.05) is 48.8 Å². The molecule has 0 spiro atoms. The summed E-state index contributed by atoms with van der Waals surface area (Å²) in [7, 11) is 1.75. The fraction of sp³-hybridized carbons (Fsp3) is 0.591.